The maximum absolute atomic E-state index is 6.85. The Labute approximate surface area is 335 Å². The van der Waals surface area contributed by atoms with Gasteiger partial charge in [0.1, 0.15) is 5.58 Å². The Morgan fingerprint density at radius 3 is 2.16 bits per heavy atom. The van der Waals surface area contributed by atoms with Crippen LogP contribution in [0, 0.1) is 0 Å². The highest BCUT2D eigenvalue weighted by molar-refractivity contribution is 5.93. The van der Waals surface area contributed by atoms with Crippen molar-refractivity contribution in [3.8, 4) is 11.1 Å². The van der Waals surface area contributed by atoms with Gasteiger partial charge in [0.15, 0.2) is 5.76 Å². The van der Waals surface area contributed by atoms with Crippen molar-refractivity contribution in [3.05, 3.63) is 234 Å². The Balaban J connectivity index is 1.01. The molecule has 5 aromatic carbocycles. The van der Waals surface area contributed by atoms with Crippen molar-refractivity contribution < 1.29 is 4.42 Å². The molecule has 4 aliphatic carbocycles. The standard InChI is InChI=1S/C54H44N2O/c1-3-13-37(14-4-1)39-23-25-40(26-24-39)41-27-29-43(30-28-41)55(44-31-33-45(34-32-44)56-50-20-10-7-17-46(50)47-18-8-11-21-51(47)56)52-36-42(38-15-5-2-6-16-38)35-49-48-19-9-12-22-53(48)57-54(49)52/h1-13,15-31,33,36-37,42,46,50H,14,32,34-35H2. The van der Waals surface area contributed by atoms with Gasteiger partial charge in [0.25, 0.3) is 0 Å². The number of anilines is 2. The molecule has 4 unspecified atom stereocenters. The van der Waals surface area contributed by atoms with Crippen molar-refractivity contribution in [2.75, 3.05) is 9.80 Å². The summed E-state index contributed by atoms with van der Waals surface area (Å²) in [6.07, 6.45) is 29.0. The largest absolute Gasteiger partial charge is 0.454 e. The van der Waals surface area contributed by atoms with E-state index in [-0.39, 0.29) is 5.92 Å². The zero-order valence-electron chi connectivity index (χ0n) is 31.9. The van der Waals surface area contributed by atoms with Crippen LogP contribution < -0.4 is 9.80 Å². The molecule has 3 heteroatoms. The van der Waals surface area contributed by atoms with Crippen LogP contribution in [0.4, 0.5) is 11.4 Å². The number of para-hydroxylation sites is 2. The van der Waals surface area contributed by atoms with E-state index in [4.69, 9.17) is 4.42 Å². The van der Waals surface area contributed by atoms with Gasteiger partial charge in [0.2, 0.25) is 0 Å². The van der Waals surface area contributed by atoms with Gasteiger partial charge < -0.3 is 14.2 Å². The van der Waals surface area contributed by atoms with Gasteiger partial charge in [0, 0.05) is 51.5 Å². The highest BCUT2D eigenvalue weighted by atomic mass is 16.3. The predicted molar refractivity (Wildman–Crippen MR) is 236 cm³/mol. The summed E-state index contributed by atoms with van der Waals surface area (Å²) in [5, 5.41) is 1.20. The molecule has 0 amide bonds. The van der Waals surface area contributed by atoms with Crippen LogP contribution in [-0.4, -0.2) is 6.04 Å². The normalized spacial score (nSPS) is 21.8. The highest BCUT2D eigenvalue weighted by Crippen LogP contribution is 2.49. The van der Waals surface area contributed by atoms with Crippen LogP contribution in [0.3, 0.4) is 0 Å². The molecule has 0 bridgehead atoms. The minimum atomic E-state index is 0.212. The number of fused-ring (bicyclic) bond motifs is 6. The molecule has 3 nitrogen and oxygen atoms in total. The van der Waals surface area contributed by atoms with E-state index in [2.05, 4.69) is 204 Å². The minimum absolute atomic E-state index is 0.212. The molecule has 4 atom stereocenters. The fourth-order valence-electron chi connectivity index (χ4n) is 9.78. The maximum Gasteiger partial charge on any atom is 0.155 e. The van der Waals surface area contributed by atoms with Gasteiger partial charge in [-0.15, -0.1) is 0 Å². The van der Waals surface area contributed by atoms with E-state index < -0.39 is 0 Å². The summed E-state index contributed by atoms with van der Waals surface area (Å²) < 4.78 is 6.85. The summed E-state index contributed by atoms with van der Waals surface area (Å²) in [6, 6.07) is 47.1. The molecule has 0 saturated carbocycles. The number of nitrogens with zero attached hydrogens (tertiary/aromatic N) is 2. The summed E-state index contributed by atoms with van der Waals surface area (Å²) in [4.78, 5) is 5.07. The number of allylic oxidation sites excluding steroid dienone is 11. The molecule has 276 valence electrons. The topological polar surface area (TPSA) is 19.6 Å². The number of furan rings is 1. The van der Waals surface area contributed by atoms with Crippen molar-refractivity contribution in [2.45, 2.75) is 49.5 Å². The number of hydrogen-bond donors (Lipinski definition) is 0. The molecule has 5 aliphatic rings. The molecule has 0 spiro atoms. The lowest BCUT2D eigenvalue weighted by molar-refractivity contribution is 0.582. The Hall–Kier alpha value is -6.58. The molecule has 57 heavy (non-hydrogen) atoms. The van der Waals surface area contributed by atoms with Gasteiger partial charge in [-0.2, -0.15) is 0 Å². The SMILES string of the molecule is C1=CCC(c2ccc(-c3ccc(N(C4=CC=C(N5c6ccccc6C6C=CC=CC65)CC4)C4=CC(c5ccccc5)Cc5c4oc4ccccc54)cc3)cc2)C=C1. The lowest BCUT2D eigenvalue weighted by atomic mass is 9.84. The van der Waals surface area contributed by atoms with Crippen molar-refractivity contribution in [2.24, 2.45) is 0 Å². The van der Waals surface area contributed by atoms with E-state index >= 15 is 0 Å². The second-order valence-electron chi connectivity index (χ2n) is 15.9. The monoisotopic (exact) mass is 736 g/mol. The first-order chi connectivity index (χ1) is 28.3. The zero-order valence-corrected chi connectivity index (χ0v) is 31.9. The summed E-state index contributed by atoms with van der Waals surface area (Å²) in [5.74, 6) is 2.01. The first-order valence-electron chi connectivity index (χ1n) is 20.5. The lowest BCUT2D eigenvalue weighted by Gasteiger charge is -2.36. The molecule has 0 saturated heterocycles. The van der Waals surface area contributed by atoms with E-state index in [1.807, 2.05) is 0 Å². The van der Waals surface area contributed by atoms with Crippen LogP contribution in [-0.2, 0) is 6.42 Å². The van der Waals surface area contributed by atoms with Crippen LogP contribution >= 0.6 is 0 Å². The average Bonchev–Trinajstić information content (AvgIpc) is 3.84. The van der Waals surface area contributed by atoms with E-state index in [0.717, 1.165) is 48.4 Å². The third-order valence-electron chi connectivity index (χ3n) is 12.6. The lowest BCUT2D eigenvalue weighted by Crippen LogP contribution is -2.33. The summed E-state index contributed by atoms with van der Waals surface area (Å²) >= 11 is 0. The van der Waals surface area contributed by atoms with Crippen molar-refractivity contribution in [3.63, 3.8) is 0 Å². The van der Waals surface area contributed by atoms with E-state index in [1.165, 1.54) is 55.8 Å². The molecule has 2 heterocycles. The number of hydrogen-bond acceptors (Lipinski definition) is 3. The molecular weight excluding hydrogens is 693 g/mol. The molecule has 0 fully saturated rings. The van der Waals surface area contributed by atoms with Crippen molar-refractivity contribution >= 4 is 28.0 Å². The van der Waals surface area contributed by atoms with Gasteiger partial charge in [0.05, 0.1) is 11.7 Å². The average molecular weight is 737 g/mol. The second kappa shape index (κ2) is 14.2. The maximum atomic E-state index is 6.85. The van der Waals surface area contributed by atoms with Gasteiger partial charge in [-0.05, 0) is 96.0 Å². The van der Waals surface area contributed by atoms with Crippen LogP contribution in [0.5, 0.6) is 0 Å². The van der Waals surface area contributed by atoms with Gasteiger partial charge in [-0.3, -0.25) is 0 Å². The summed E-state index contributed by atoms with van der Waals surface area (Å²) in [7, 11) is 0. The number of rotatable bonds is 7. The Morgan fingerprint density at radius 1 is 0.614 bits per heavy atom. The van der Waals surface area contributed by atoms with E-state index in [0.29, 0.717) is 17.9 Å². The first kappa shape index (κ1) is 33.7. The fourth-order valence-corrected chi connectivity index (χ4v) is 9.78. The summed E-state index contributed by atoms with van der Waals surface area (Å²) in [6.45, 7) is 0. The van der Waals surface area contributed by atoms with E-state index in [9.17, 15) is 0 Å². The molecule has 0 radical (unpaired) electrons. The zero-order chi connectivity index (χ0) is 37.7. The van der Waals surface area contributed by atoms with Crippen LogP contribution in [0.1, 0.15) is 65.0 Å². The predicted octanol–water partition coefficient (Wildman–Crippen LogP) is 13.5. The second-order valence-corrected chi connectivity index (χ2v) is 15.9. The third kappa shape index (κ3) is 5.97. The quantitative estimate of drug-likeness (QED) is 0.163. The molecule has 1 aliphatic heterocycles. The molecule has 1 aromatic heterocycles. The Morgan fingerprint density at radius 2 is 1.35 bits per heavy atom. The Kier molecular flexibility index (Phi) is 8.39. The van der Waals surface area contributed by atoms with E-state index in [1.54, 1.807) is 0 Å². The Bertz CT molecular complexity index is 2700. The van der Waals surface area contributed by atoms with Crippen molar-refractivity contribution in [1.29, 1.82) is 0 Å². The third-order valence-corrected chi connectivity index (χ3v) is 12.6. The smallest absolute Gasteiger partial charge is 0.155 e. The van der Waals surface area contributed by atoms with Crippen LogP contribution in [0.15, 0.2) is 210 Å². The van der Waals surface area contributed by atoms with Crippen LogP contribution in [0.25, 0.3) is 27.8 Å². The highest BCUT2D eigenvalue weighted by Gasteiger charge is 2.39. The first-order valence-corrected chi connectivity index (χ1v) is 20.5. The van der Waals surface area contributed by atoms with Gasteiger partial charge in [-0.1, -0.05) is 152 Å². The minimum Gasteiger partial charge on any atom is -0.454 e. The molecule has 11 rings (SSSR count). The van der Waals surface area contributed by atoms with Gasteiger partial charge in [-0.25, -0.2) is 0 Å². The fraction of sp³-hybridized carbons (Fsp3) is 0.148. The molecular formula is C54H44N2O. The number of benzene rings is 5. The summed E-state index contributed by atoms with van der Waals surface area (Å²) in [5.41, 5.74) is 15.0. The van der Waals surface area contributed by atoms with Crippen molar-refractivity contribution in [1.82, 2.24) is 0 Å². The van der Waals surface area contributed by atoms with Gasteiger partial charge >= 0.3 is 0 Å². The molecule has 6 aromatic rings. The molecule has 0 N–H and O–H groups in total. The van der Waals surface area contributed by atoms with Crippen LogP contribution in [0.2, 0.25) is 0 Å².